The Kier molecular flexibility index (Phi) is 4.57. The lowest BCUT2D eigenvalue weighted by Gasteiger charge is -2.16. The zero-order valence-electron chi connectivity index (χ0n) is 16.9. The molecule has 0 bridgehead atoms. The van der Waals surface area contributed by atoms with Crippen molar-refractivity contribution in [3.63, 3.8) is 0 Å². The van der Waals surface area contributed by atoms with E-state index in [9.17, 15) is 13.9 Å². The topological polar surface area (TPSA) is 63.3 Å². The van der Waals surface area contributed by atoms with Crippen molar-refractivity contribution in [1.82, 2.24) is 19.4 Å². The van der Waals surface area contributed by atoms with Gasteiger partial charge < -0.3 is 9.51 Å². The van der Waals surface area contributed by atoms with Crippen LogP contribution in [0.15, 0.2) is 48.9 Å². The Bertz CT molecular complexity index is 1300. The van der Waals surface area contributed by atoms with Crippen molar-refractivity contribution in [1.29, 1.82) is 0 Å². The van der Waals surface area contributed by atoms with Gasteiger partial charge >= 0.3 is 0 Å². The van der Waals surface area contributed by atoms with Crippen LogP contribution in [0, 0.1) is 5.82 Å². The molecule has 2 atom stereocenters. The Hall–Kier alpha value is -2.90. The molecule has 5 rings (SSSR count). The van der Waals surface area contributed by atoms with E-state index in [0.29, 0.717) is 27.6 Å². The van der Waals surface area contributed by atoms with Crippen LogP contribution < -0.4 is 0 Å². The molecule has 31 heavy (non-hydrogen) atoms. The van der Waals surface area contributed by atoms with Crippen molar-refractivity contribution in [2.45, 2.75) is 38.0 Å². The highest BCUT2D eigenvalue weighted by Gasteiger charge is 2.38. The third-order valence-corrected chi connectivity index (χ3v) is 5.98. The summed E-state index contributed by atoms with van der Waals surface area (Å²) in [5.41, 5.74) is 1.63. The summed E-state index contributed by atoms with van der Waals surface area (Å²) in [5, 5.41) is 10.6. The van der Waals surface area contributed by atoms with Gasteiger partial charge in [0, 0.05) is 46.7 Å². The SMILES string of the molecule is CC(C)(O)c1ncc(-c2cn3c4c(nc3cc2F)C(F)C[C@@H]4c2ccccc2Cl)cn1. The van der Waals surface area contributed by atoms with Gasteiger partial charge in [-0.3, -0.25) is 0 Å². The number of halogens is 3. The predicted molar refractivity (Wildman–Crippen MR) is 113 cm³/mol. The van der Waals surface area contributed by atoms with Gasteiger partial charge in [0.1, 0.15) is 23.2 Å². The van der Waals surface area contributed by atoms with E-state index in [2.05, 4.69) is 15.0 Å². The van der Waals surface area contributed by atoms with Crippen LogP contribution in [0.1, 0.15) is 55.1 Å². The van der Waals surface area contributed by atoms with Gasteiger partial charge in [0.2, 0.25) is 0 Å². The van der Waals surface area contributed by atoms with E-state index < -0.39 is 17.6 Å². The number of aliphatic hydroxyl groups is 1. The van der Waals surface area contributed by atoms with Crippen LogP contribution >= 0.6 is 11.6 Å². The highest BCUT2D eigenvalue weighted by atomic mass is 35.5. The third kappa shape index (κ3) is 3.28. The maximum absolute atomic E-state index is 14.9. The van der Waals surface area contributed by atoms with Crippen LogP contribution in [0.2, 0.25) is 5.02 Å². The molecule has 3 heterocycles. The quantitative estimate of drug-likeness (QED) is 0.466. The maximum Gasteiger partial charge on any atom is 0.159 e. The van der Waals surface area contributed by atoms with E-state index in [1.165, 1.54) is 18.5 Å². The van der Waals surface area contributed by atoms with Crippen LogP contribution in [0.4, 0.5) is 8.78 Å². The lowest BCUT2D eigenvalue weighted by Crippen LogP contribution is -2.19. The number of aromatic nitrogens is 4. The van der Waals surface area contributed by atoms with Gasteiger partial charge in [-0.2, -0.15) is 0 Å². The zero-order valence-corrected chi connectivity index (χ0v) is 17.6. The second-order valence-electron chi connectivity index (χ2n) is 8.28. The summed E-state index contributed by atoms with van der Waals surface area (Å²) in [4.78, 5) is 12.7. The Balaban J connectivity index is 1.67. The normalized spacial score (nSPS) is 18.5. The minimum atomic E-state index is -1.25. The maximum atomic E-state index is 14.9. The largest absolute Gasteiger partial charge is 0.382 e. The predicted octanol–water partition coefficient (Wildman–Crippen LogP) is 5.36. The van der Waals surface area contributed by atoms with Gasteiger partial charge in [0.25, 0.3) is 0 Å². The van der Waals surface area contributed by atoms with Gasteiger partial charge in [-0.05, 0) is 31.9 Å². The minimum absolute atomic E-state index is 0.236. The van der Waals surface area contributed by atoms with Crippen molar-refractivity contribution >= 4 is 17.2 Å². The van der Waals surface area contributed by atoms with E-state index >= 15 is 0 Å². The third-order valence-electron chi connectivity index (χ3n) is 5.64. The summed E-state index contributed by atoms with van der Waals surface area (Å²) in [7, 11) is 0. The van der Waals surface area contributed by atoms with Crippen LogP contribution in [0.3, 0.4) is 0 Å². The number of rotatable bonds is 3. The molecule has 3 aromatic heterocycles. The average Bonchev–Trinajstić information content (AvgIpc) is 3.24. The first-order valence-corrected chi connectivity index (χ1v) is 10.3. The highest BCUT2D eigenvalue weighted by Crippen LogP contribution is 2.47. The summed E-state index contributed by atoms with van der Waals surface area (Å²) in [5.74, 6) is -0.568. The molecule has 1 aliphatic carbocycles. The summed E-state index contributed by atoms with van der Waals surface area (Å²) in [6.45, 7) is 3.15. The van der Waals surface area contributed by atoms with Gasteiger partial charge in [-0.15, -0.1) is 0 Å². The van der Waals surface area contributed by atoms with Crippen molar-refractivity contribution in [2.75, 3.05) is 0 Å². The summed E-state index contributed by atoms with van der Waals surface area (Å²) < 4.78 is 31.5. The molecule has 0 radical (unpaired) electrons. The van der Waals surface area contributed by atoms with Crippen LogP contribution in [-0.4, -0.2) is 24.5 Å². The molecule has 0 aliphatic heterocycles. The first-order chi connectivity index (χ1) is 14.7. The molecule has 1 aromatic carbocycles. The van der Waals surface area contributed by atoms with Crippen molar-refractivity contribution < 1.29 is 13.9 Å². The Morgan fingerprint density at radius 3 is 2.58 bits per heavy atom. The van der Waals surface area contributed by atoms with Crippen molar-refractivity contribution in [3.05, 3.63) is 82.5 Å². The van der Waals surface area contributed by atoms with Crippen LogP contribution in [-0.2, 0) is 5.60 Å². The van der Waals surface area contributed by atoms with Crippen molar-refractivity contribution in [3.8, 4) is 11.1 Å². The Morgan fingerprint density at radius 2 is 1.90 bits per heavy atom. The number of fused-ring (bicyclic) bond motifs is 3. The van der Waals surface area contributed by atoms with E-state index in [4.69, 9.17) is 11.6 Å². The monoisotopic (exact) mass is 440 g/mol. The second kappa shape index (κ2) is 7.07. The number of benzene rings is 1. The average molecular weight is 441 g/mol. The summed E-state index contributed by atoms with van der Waals surface area (Å²) >= 11 is 6.39. The van der Waals surface area contributed by atoms with E-state index in [0.717, 1.165) is 5.56 Å². The van der Waals surface area contributed by atoms with Gasteiger partial charge in [0.05, 0.1) is 11.4 Å². The van der Waals surface area contributed by atoms with E-state index in [1.807, 2.05) is 18.2 Å². The summed E-state index contributed by atoms with van der Waals surface area (Å²) in [6.07, 6.45) is 3.51. The number of nitrogens with zero attached hydrogens (tertiary/aromatic N) is 4. The highest BCUT2D eigenvalue weighted by molar-refractivity contribution is 6.31. The van der Waals surface area contributed by atoms with Gasteiger partial charge in [0.15, 0.2) is 5.82 Å². The molecular formula is C23H19ClF2N4O. The molecule has 4 aromatic rings. The molecule has 1 aliphatic rings. The first kappa shape index (κ1) is 20.0. The lowest BCUT2D eigenvalue weighted by molar-refractivity contribution is 0.0687. The molecule has 0 amide bonds. The summed E-state index contributed by atoms with van der Waals surface area (Å²) in [6, 6.07) is 8.63. The van der Waals surface area contributed by atoms with Crippen molar-refractivity contribution in [2.24, 2.45) is 0 Å². The van der Waals surface area contributed by atoms with Gasteiger partial charge in [-0.1, -0.05) is 29.8 Å². The second-order valence-corrected chi connectivity index (χ2v) is 8.68. The standard InChI is InChI=1S/C23H19ClF2N4O/c1-23(2,31)22-27-9-12(10-28-22)15-11-30-19(8-17(15)25)29-20-18(26)7-14(21(20)30)13-5-3-4-6-16(13)24/h3-6,8-11,14,18,31H,7H2,1-2H3/t14-,18?/m1/s1. The fourth-order valence-corrected chi connectivity index (χ4v) is 4.40. The molecular weight excluding hydrogens is 422 g/mol. The molecule has 5 nitrogen and oxygen atoms in total. The fourth-order valence-electron chi connectivity index (χ4n) is 4.14. The van der Waals surface area contributed by atoms with Crippen LogP contribution in [0.5, 0.6) is 0 Å². The van der Waals surface area contributed by atoms with Crippen LogP contribution in [0.25, 0.3) is 16.8 Å². The molecule has 0 saturated carbocycles. The van der Waals surface area contributed by atoms with Gasteiger partial charge in [-0.25, -0.2) is 23.7 Å². The zero-order chi connectivity index (χ0) is 21.9. The lowest BCUT2D eigenvalue weighted by atomic mass is 9.96. The molecule has 158 valence electrons. The molecule has 0 fully saturated rings. The Morgan fingerprint density at radius 1 is 1.19 bits per heavy atom. The van der Waals surface area contributed by atoms with E-state index in [1.54, 1.807) is 30.5 Å². The number of hydrogen-bond acceptors (Lipinski definition) is 4. The molecule has 1 N–H and O–H groups in total. The number of hydrogen-bond donors (Lipinski definition) is 1. The molecule has 8 heteroatoms. The first-order valence-electron chi connectivity index (χ1n) is 9.89. The van der Waals surface area contributed by atoms with E-state index in [-0.39, 0.29) is 23.7 Å². The smallest absolute Gasteiger partial charge is 0.159 e. The number of imidazole rings is 1. The number of alkyl halides is 1. The fraction of sp³-hybridized carbons (Fsp3) is 0.261. The number of pyridine rings is 1. The minimum Gasteiger partial charge on any atom is -0.382 e. The molecule has 0 saturated heterocycles. The molecule has 0 spiro atoms. The molecule has 1 unspecified atom stereocenters. The Labute approximate surface area is 182 Å².